The molecule has 24 heavy (non-hydrogen) atoms. The predicted molar refractivity (Wildman–Crippen MR) is 78.9 cm³/mol. The van der Waals surface area contributed by atoms with Crippen molar-refractivity contribution in [2.45, 2.75) is 18.6 Å². The fourth-order valence-electron chi connectivity index (χ4n) is 1.48. The first-order valence-electron chi connectivity index (χ1n) is 6.65. The minimum Gasteiger partial charge on any atom is -0.475 e. The highest BCUT2D eigenvalue weighted by Crippen LogP contribution is 2.13. The number of hydrogen-bond acceptors (Lipinski definition) is 4. The maximum absolute atomic E-state index is 11.4. The van der Waals surface area contributed by atoms with Gasteiger partial charge in [-0.2, -0.15) is 13.2 Å². The van der Waals surface area contributed by atoms with Crippen molar-refractivity contribution < 1.29 is 32.7 Å². The van der Waals surface area contributed by atoms with Crippen molar-refractivity contribution >= 4 is 17.8 Å². The van der Waals surface area contributed by atoms with Crippen LogP contribution in [0.15, 0.2) is 30.3 Å². The van der Waals surface area contributed by atoms with Gasteiger partial charge in [-0.25, -0.2) is 4.79 Å². The predicted octanol–water partition coefficient (Wildman–Crippen LogP) is 0.0519. The maximum Gasteiger partial charge on any atom is 0.490 e. The molecule has 0 bridgehead atoms. The van der Waals surface area contributed by atoms with Gasteiger partial charge in [0.15, 0.2) is 0 Å². The van der Waals surface area contributed by atoms with Gasteiger partial charge in [0.25, 0.3) is 0 Å². The van der Waals surface area contributed by atoms with Gasteiger partial charge in [-0.05, 0) is 12.6 Å². The Bertz CT molecular complexity index is 550. The van der Waals surface area contributed by atoms with Crippen molar-refractivity contribution in [3.63, 3.8) is 0 Å². The molecule has 0 saturated carbocycles. The topological polar surface area (TPSA) is 122 Å². The molecule has 0 fully saturated rings. The molecule has 2 amide bonds. The fourth-order valence-corrected chi connectivity index (χ4v) is 1.48. The summed E-state index contributed by atoms with van der Waals surface area (Å²) < 4.78 is 31.7. The number of primary amides is 1. The second-order valence-corrected chi connectivity index (χ2v) is 4.55. The van der Waals surface area contributed by atoms with E-state index in [4.69, 9.17) is 15.6 Å². The van der Waals surface area contributed by atoms with Gasteiger partial charge >= 0.3 is 12.1 Å². The molecule has 0 saturated heterocycles. The number of benzene rings is 1. The van der Waals surface area contributed by atoms with Crippen LogP contribution in [0, 0.1) is 0 Å². The molecule has 0 aromatic heterocycles. The van der Waals surface area contributed by atoms with Gasteiger partial charge in [0.1, 0.15) is 6.04 Å². The fraction of sp³-hybridized carbons (Fsp3) is 0.357. The van der Waals surface area contributed by atoms with Gasteiger partial charge in [0, 0.05) is 6.42 Å². The summed E-state index contributed by atoms with van der Waals surface area (Å²) in [7, 11) is 1.66. The van der Waals surface area contributed by atoms with Crippen LogP contribution >= 0.6 is 0 Å². The van der Waals surface area contributed by atoms with E-state index in [1.807, 2.05) is 30.3 Å². The maximum atomic E-state index is 11.4. The summed E-state index contributed by atoms with van der Waals surface area (Å²) in [6.45, 7) is 0.165. The normalized spacial score (nSPS) is 11.7. The molecular weight excluding hydrogens is 331 g/mol. The van der Waals surface area contributed by atoms with Gasteiger partial charge in [-0.3, -0.25) is 9.59 Å². The van der Waals surface area contributed by atoms with Crippen LogP contribution in [0.5, 0.6) is 0 Å². The quantitative estimate of drug-likeness (QED) is 0.578. The first-order valence-corrected chi connectivity index (χ1v) is 6.65. The molecular formula is C14H18F3N3O4. The van der Waals surface area contributed by atoms with E-state index >= 15 is 0 Å². The Hall–Kier alpha value is -2.62. The Morgan fingerprint density at radius 1 is 1.21 bits per heavy atom. The van der Waals surface area contributed by atoms with Crippen LogP contribution in [0.1, 0.15) is 5.56 Å². The van der Waals surface area contributed by atoms with E-state index in [2.05, 4.69) is 10.6 Å². The molecule has 1 atom stereocenters. The van der Waals surface area contributed by atoms with Crippen LogP contribution in [-0.2, 0) is 20.8 Å². The molecule has 0 radical (unpaired) electrons. The average Bonchev–Trinajstić information content (AvgIpc) is 2.47. The molecule has 1 aromatic carbocycles. The Morgan fingerprint density at radius 3 is 2.08 bits per heavy atom. The van der Waals surface area contributed by atoms with Gasteiger partial charge in [-0.1, -0.05) is 30.3 Å². The Morgan fingerprint density at radius 2 is 1.71 bits per heavy atom. The molecule has 5 N–H and O–H groups in total. The summed E-state index contributed by atoms with van der Waals surface area (Å²) in [6, 6.07) is 8.76. The molecule has 0 aliphatic carbocycles. The van der Waals surface area contributed by atoms with E-state index in [1.165, 1.54) is 0 Å². The lowest BCUT2D eigenvalue weighted by Gasteiger charge is -2.15. The van der Waals surface area contributed by atoms with Crippen LogP contribution in [0.25, 0.3) is 0 Å². The summed E-state index contributed by atoms with van der Waals surface area (Å²) in [6.07, 6.45) is -4.67. The number of alkyl halides is 3. The molecule has 1 rings (SSSR count). The molecule has 0 heterocycles. The number of halogens is 3. The number of carboxylic acids is 1. The van der Waals surface area contributed by atoms with E-state index < -0.39 is 24.1 Å². The summed E-state index contributed by atoms with van der Waals surface area (Å²) in [5, 5.41) is 12.4. The highest BCUT2D eigenvalue weighted by molar-refractivity contribution is 5.87. The second kappa shape index (κ2) is 10.2. The molecule has 1 aromatic rings. The standard InChI is InChI=1S/C12H17N3O2.C2HF3O2/c1-14-8-11(16)15-10(12(13)17)7-9-5-3-2-4-6-9;3-2(4,5)1(6)7/h2-6,10,14H,7-8H2,1H3,(H2,13,17)(H,15,16);(H,6,7)/t10-;/m0./s1. The molecule has 0 unspecified atom stereocenters. The van der Waals surface area contributed by atoms with Crippen LogP contribution < -0.4 is 16.4 Å². The number of nitrogens with one attached hydrogen (secondary N) is 2. The average molecular weight is 349 g/mol. The third kappa shape index (κ3) is 9.41. The minimum absolute atomic E-state index is 0.165. The third-order valence-corrected chi connectivity index (χ3v) is 2.54. The highest BCUT2D eigenvalue weighted by atomic mass is 19.4. The van der Waals surface area contributed by atoms with Crippen LogP contribution in [0.2, 0.25) is 0 Å². The van der Waals surface area contributed by atoms with Crippen LogP contribution in [-0.4, -0.2) is 48.7 Å². The lowest BCUT2D eigenvalue weighted by Crippen LogP contribution is -2.48. The van der Waals surface area contributed by atoms with Crippen molar-refractivity contribution in [2.24, 2.45) is 5.73 Å². The second-order valence-electron chi connectivity index (χ2n) is 4.55. The van der Waals surface area contributed by atoms with Crippen LogP contribution in [0.4, 0.5) is 13.2 Å². The Balaban J connectivity index is 0.000000640. The van der Waals surface area contributed by atoms with E-state index in [0.29, 0.717) is 6.42 Å². The van der Waals surface area contributed by atoms with E-state index in [1.54, 1.807) is 7.05 Å². The zero-order valence-electron chi connectivity index (χ0n) is 12.8. The third-order valence-electron chi connectivity index (χ3n) is 2.54. The number of nitrogens with two attached hydrogens (primary N) is 1. The van der Waals surface area contributed by atoms with E-state index in [0.717, 1.165) is 5.56 Å². The number of rotatable bonds is 6. The Labute approximate surface area is 136 Å². The van der Waals surface area contributed by atoms with Crippen molar-refractivity contribution in [1.82, 2.24) is 10.6 Å². The minimum atomic E-state index is -5.08. The molecule has 134 valence electrons. The van der Waals surface area contributed by atoms with Gasteiger partial charge in [0.05, 0.1) is 6.54 Å². The molecule has 0 spiro atoms. The highest BCUT2D eigenvalue weighted by Gasteiger charge is 2.38. The zero-order chi connectivity index (χ0) is 18.8. The number of likely N-dealkylation sites (N-methyl/N-ethyl adjacent to an activating group) is 1. The first kappa shape index (κ1) is 21.4. The molecule has 0 aliphatic rings. The van der Waals surface area contributed by atoms with Gasteiger partial charge in [-0.15, -0.1) is 0 Å². The number of aliphatic carboxylic acids is 1. The Kier molecular flexibility index (Phi) is 9.10. The van der Waals surface area contributed by atoms with E-state index in [9.17, 15) is 22.8 Å². The lowest BCUT2D eigenvalue weighted by atomic mass is 10.1. The SMILES string of the molecule is CNCC(=O)N[C@@H](Cc1ccccc1)C(N)=O.O=C(O)C(F)(F)F. The van der Waals surface area contributed by atoms with Gasteiger partial charge < -0.3 is 21.5 Å². The number of carbonyl (C=O) groups excluding carboxylic acids is 2. The molecule has 7 nitrogen and oxygen atoms in total. The van der Waals surface area contributed by atoms with Crippen molar-refractivity contribution in [3.05, 3.63) is 35.9 Å². The van der Waals surface area contributed by atoms with Crippen molar-refractivity contribution in [3.8, 4) is 0 Å². The number of amides is 2. The van der Waals surface area contributed by atoms with E-state index in [-0.39, 0.29) is 12.5 Å². The summed E-state index contributed by atoms with van der Waals surface area (Å²) >= 11 is 0. The smallest absolute Gasteiger partial charge is 0.475 e. The largest absolute Gasteiger partial charge is 0.490 e. The summed E-state index contributed by atoms with van der Waals surface area (Å²) in [5.74, 6) is -3.53. The van der Waals surface area contributed by atoms with Crippen molar-refractivity contribution in [2.75, 3.05) is 13.6 Å². The monoisotopic (exact) mass is 349 g/mol. The number of carbonyl (C=O) groups is 3. The summed E-state index contributed by atoms with van der Waals surface area (Å²) in [4.78, 5) is 31.5. The van der Waals surface area contributed by atoms with Crippen LogP contribution in [0.3, 0.4) is 0 Å². The lowest BCUT2D eigenvalue weighted by molar-refractivity contribution is -0.192. The van der Waals surface area contributed by atoms with Crippen molar-refractivity contribution in [1.29, 1.82) is 0 Å². The number of hydrogen-bond donors (Lipinski definition) is 4. The zero-order valence-corrected chi connectivity index (χ0v) is 12.8. The first-order chi connectivity index (χ1) is 11.1. The summed E-state index contributed by atoms with van der Waals surface area (Å²) in [5.41, 5.74) is 6.21. The number of carboxylic acid groups (broad SMARTS) is 1. The molecule has 0 aliphatic heterocycles. The molecule has 10 heteroatoms. The van der Waals surface area contributed by atoms with Gasteiger partial charge in [0.2, 0.25) is 11.8 Å².